The lowest BCUT2D eigenvalue weighted by atomic mass is 10.1. The van der Waals surface area contributed by atoms with Crippen molar-refractivity contribution in [1.29, 1.82) is 0 Å². The van der Waals surface area contributed by atoms with Crippen LogP contribution in [-0.4, -0.2) is 64.2 Å². The minimum Gasteiger partial charge on any atom is -0.493 e. The fraction of sp³-hybridized carbons (Fsp3) is 0.355. The van der Waals surface area contributed by atoms with E-state index in [0.717, 1.165) is 41.5 Å². The first-order valence-corrected chi connectivity index (χ1v) is 14.6. The Morgan fingerprint density at radius 2 is 1.54 bits per heavy atom. The molecule has 1 saturated heterocycles. The van der Waals surface area contributed by atoms with Gasteiger partial charge in [-0.2, -0.15) is 0 Å². The quantitative estimate of drug-likeness (QED) is 0.157. The Kier molecular flexibility index (Phi) is 9.38. The zero-order valence-electron chi connectivity index (χ0n) is 23.4. The Balaban J connectivity index is 1.13. The monoisotopic (exact) mass is 672 g/mol. The number of unbranched alkanes of at least 4 members (excludes halogenated alkanes) is 1. The van der Waals surface area contributed by atoms with Gasteiger partial charge in [-0.3, -0.25) is 9.79 Å². The highest BCUT2D eigenvalue weighted by molar-refractivity contribution is 14.1. The van der Waals surface area contributed by atoms with Crippen LogP contribution in [0, 0.1) is 3.57 Å². The number of nitrogens with zero attached hydrogens (tertiary/aromatic N) is 2. The Morgan fingerprint density at radius 1 is 0.829 bits per heavy atom. The van der Waals surface area contributed by atoms with Crippen LogP contribution in [0.3, 0.4) is 0 Å². The summed E-state index contributed by atoms with van der Waals surface area (Å²) in [6, 6.07) is 14.8. The van der Waals surface area contributed by atoms with Crippen LogP contribution in [0.5, 0.6) is 40.2 Å². The third-order valence-corrected chi connectivity index (χ3v) is 7.90. The molecule has 9 nitrogen and oxygen atoms in total. The summed E-state index contributed by atoms with van der Waals surface area (Å²) in [6.07, 6.45) is 5.38. The Hall–Kier alpha value is -3.67. The van der Waals surface area contributed by atoms with Gasteiger partial charge in [0.05, 0.1) is 55.4 Å². The number of carbonyl (C=O) groups excluding carboxylic acids is 1. The van der Waals surface area contributed by atoms with Gasteiger partial charge in [0.1, 0.15) is 17.2 Å². The number of halogens is 1. The number of benzene rings is 3. The first-order valence-electron chi connectivity index (χ1n) is 13.5. The summed E-state index contributed by atoms with van der Waals surface area (Å²) < 4.78 is 35.3. The second kappa shape index (κ2) is 13.3. The predicted molar refractivity (Wildman–Crippen MR) is 164 cm³/mol. The van der Waals surface area contributed by atoms with Crippen molar-refractivity contribution in [1.82, 2.24) is 4.90 Å². The molecule has 3 aromatic carbocycles. The van der Waals surface area contributed by atoms with Crippen molar-refractivity contribution in [3.63, 3.8) is 0 Å². The van der Waals surface area contributed by atoms with Crippen molar-refractivity contribution < 1.29 is 33.2 Å². The summed E-state index contributed by atoms with van der Waals surface area (Å²) in [7, 11) is 4.77. The molecule has 2 heterocycles. The van der Waals surface area contributed by atoms with Gasteiger partial charge in [-0.05, 0) is 78.6 Å². The van der Waals surface area contributed by atoms with Crippen LogP contribution in [0.25, 0.3) is 0 Å². The van der Waals surface area contributed by atoms with E-state index in [1.54, 1.807) is 45.6 Å². The number of amides is 1. The highest BCUT2D eigenvalue weighted by Crippen LogP contribution is 2.38. The third kappa shape index (κ3) is 6.64. The molecule has 0 radical (unpaired) electrons. The maximum Gasteiger partial charge on any atom is 0.256 e. The van der Waals surface area contributed by atoms with Crippen molar-refractivity contribution in [2.45, 2.75) is 31.7 Å². The number of carbonyl (C=O) groups is 1. The minimum absolute atomic E-state index is 0.00474. The van der Waals surface area contributed by atoms with Crippen LogP contribution >= 0.6 is 22.6 Å². The molecule has 1 fully saturated rings. The molecule has 0 bridgehead atoms. The highest BCUT2D eigenvalue weighted by atomic mass is 127. The zero-order valence-corrected chi connectivity index (χ0v) is 25.5. The van der Waals surface area contributed by atoms with E-state index in [2.05, 4.69) is 27.6 Å². The van der Waals surface area contributed by atoms with Crippen LogP contribution in [0.4, 0.5) is 5.69 Å². The summed E-state index contributed by atoms with van der Waals surface area (Å²) in [5.41, 5.74) is 1.17. The van der Waals surface area contributed by atoms with Crippen molar-refractivity contribution >= 4 is 40.4 Å². The summed E-state index contributed by atoms with van der Waals surface area (Å²) in [6.45, 7) is 1.76. The van der Waals surface area contributed by atoms with E-state index in [1.807, 2.05) is 35.4 Å². The Bertz CT molecular complexity index is 1430. The molecule has 0 aliphatic carbocycles. The molecule has 0 saturated carbocycles. The SMILES string of the molecule is COc1ccc(Oc2cc(OCCCCOc3cc4c(cc3OC)C(=O)N3CCC[C@H]3C=N4)ccc2I)cc1OC. The van der Waals surface area contributed by atoms with E-state index < -0.39 is 0 Å². The number of fused-ring (bicyclic) bond motifs is 2. The van der Waals surface area contributed by atoms with Crippen molar-refractivity contribution in [3.8, 4) is 40.2 Å². The van der Waals surface area contributed by atoms with Crippen LogP contribution in [0.2, 0.25) is 0 Å². The van der Waals surface area contributed by atoms with Gasteiger partial charge in [0.15, 0.2) is 23.0 Å². The molecule has 0 N–H and O–H groups in total. The number of methoxy groups -OCH3 is 3. The summed E-state index contributed by atoms with van der Waals surface area (Å²) in [5, 5.41) is 0. The maximum atomic E-state index is 13.0. The van der Waals surface area contributed by atoms with Gasteiger partial charge < -0.3 is 33.3 Å². The Morgan fingerprint density at radius 3 is 2.32 bits per heavy atom. The average molecular weight is 673 g/mol. The molecule has 2 aliphatic heterocycles. The van der Waals surface area contributed by atoms with Gasteiger partial charge in [0.25, 0.3) is 5.91 Å². The second-order valence-electron chi connectivity index (χ2n) is 9.62. The molecular weight excluding hydrogens is 639 g/mol. The number of aliphatic imine (C=N–C) groups is 1. The lowest BCUT2D eigenvalue weighted by molar-refractivity contribution is 0.0774. The highest BCUT2D eigenvalue weighted by Gasteiger charge is 2.32. The Labute approximate surface area is 253 Å². The molecule has 1 amide bonds. The van der Waals surface area contributed by atoms with Crippen molar-refractivity contribution in [2.75, 3.05) is 41.1 Å². The first-order chi connectivity index (χ1) is 20.0. The van der Waals surface area contributed by atoms with Crippen molar-refractivity contribution in [3.05, 3.63) is 57.7 Å². The molecular formula is C31H33IN2O7. The predicted octanol–water partition coefficient (Wildman–Crippen LogP) is 6.67. The van der Waals surface area contributed by atoms with Gasteiger partial charge in [-0.25, -0.2) is 0 Å². The van der Waals surface area contributed by atoms with E-state index >= 15 is 0 Å². The molecule has 216 valence electrons. The van der Waals surface area contributed by atoms with Gasteiger partial charge in [-0.15, -0.1) is 0 Å². The number of rotatable bonds is 12. The summed E-state index contributed by atoms with van der Waals surface area (Å²) in [5.74, 6) is 4.39. The van der Waals surface area contributed by atoms with Gasteiger partial charge in [0.2, 0.25) is 0 Å². The smallest absolute Gasteiger partial charge is 0.256 e. The van der Waals surface area contributed by atoms with Crippen LogP contribution in [0.1, 0.15) is 36.0 Å². The second-order valence-corrected chi connectivity index (χ2v) is 10.8. The van der Waals surface area contributed by atoms with E-state index in [1.165, 1.54) is 0 Å². The van der Waals surface area contributed by atoms with E-state index in [0.29, 0.717) is 59.0 Å². The molecule has 5 rings (SSSR count). The van der Waals surface area contributed by atoms with Crippen LogP contribution < -0.4 is 28.4 Å². The largest absolute Gasteiger partial charge is 0.493 e. The van der Waals surface area contributed by atoms with Gasteiger partial charge in [0, 0.05) is 31.0 Å². The topological polar surface area (TPSA) is 88.1 Å². The molecule has 2 aliphatic rings. The summed E-state index contributed by atoms with van der Waals surface area (Å²) in [4.78, 5) is 19.5. The normalized spacial score (nSPS) is 15.6. The number of hydrogen-bond donors (Lipinski definition) is 0. The van der Waals surface area contributed by atoms with E-state index in [9.17, 15) is 4.79 Å². The first kappa shape index (κ1) is 28.8. The molecule has 1 atom stereocenters. The molecule has 41 heavy (non-hydrogen) atoms. The van der Waals surface area contributed by atoms with Crippen LogP contribution in [-0.2, 0) is 0 Å². The standard InChI is InChI=1S/C31H33IN2O7/c1-36-26-11-9-22(16-28(26)37-2)41-27-15-21(8-10-24(27)32)39-13-4-5-14-40-30-18-25-23(17-29(30)38-3)31(35)34-12-6-7-20(34)19-33-25/h8-11,15-20H,4-7,12-14H2,1-3H3/t20-/m0/s1. The van der Waals surface area contributed by atoms with Gasteiger partial charge in [-0.1, -0.05) is 0 Å². The molecule has 10 heteroatoms. The number of hydrogen-bond acceptors (Lipinski definition) is 8. The van der Waals surface area contributed by atoms with Crippen molar-refractivity contribution in [2.24, 2.45) is 4.99 Å². The lowest BCUT2D eigenvalue weighted by Gasteiger charge is -2.20. The fourth-order valence-electron chi connectivity index (χ4n) is 4.86. The maximum absolute atomic E-state index is 13.0. The lowest BCUT2D eigenvalue weighted by Crippen LogP contribution is -2.35. The molecule has 3 aromatic rings. The fourth-order valence-corrected chi connectivity index (χ4v) is 5.30. The summed E-state index contributed by atoms with van der Waals surface area (Å²) >= 11 is 2.23. The van der Waals surface area contributed by atoms with E-state index in [-0.39, 0.29) is 11.9 Å². The number of ether oxygens (including phenoxy) is 6. The molecule has 0 aromatic heterocycles. The zero-order chi connectivity index (χ0) is 28.8. The van der Waals surface area contributed by atoms with E-state index in [4.69, 9.17) is 28.4 Å². The average Bonchev–Trinajstić information content (AvgIpc) is 3.43. The third-order valence-electron chi connectivity index (χ3n) is 7.01. The van der Waals surface area contributed by atoms with Crippen LogP contribution in [0.15, 0.2) is 53.5 Å². The minimum atomic E-state index is -0.00474. The van der Waals surface area contributed by atoms with Gasteiger partial charge >= 0.3 is 0 Å². The molecule has 0 unspecified atom stereocenters. The molecule has 0 spiro atoms.